The number of nitriles is 1. The molecule has 0 fully saturated rings. The van der Waals surface area contributed by atoms with Crippen LogP contribution < -0.4 is 4.57 Å². The lowest BCUT2D eigenvalue weighted by Crippen LogP contribution is -2.30. The van der Waals surface area contributed by atoms with Crippen LogP contribution in [0.4, 0.5) is 0 Å². The Morgan fingerprint density at radius 1 is 0.935 bits per heavy atom. The van der Waals surface area contributed by atoms with Gasteiger partial charge in [0.2, 0.25) is 5.69 Å². The maximum atomic E-state index is 9.90. The fourth-order valence-electron chi connectivity index (χ4n) is 4.40. The minimum atomic E-state index is 0.642. The van der Waals surface area contributed by atoms with Crippen molar-refractivity contribution < 1.29 is 8.98 Å². The fraction of sp³-hybridized carbons (Fsp3) is 0.0769. The van der Waals surface area contributed by atoms with Gasteiger partial charge in [0.1, 0.15) is 18.2 Å². The summed E-state index contributed by atoms with van der Waals surface area (Å²) >= 11 is 3.42. The molecule has 0 bridgehead atoms. The standard InChI is InChI=1S/C26H17N2OS2/c1-15-6-8-17-18-9-7-16(13-27)23(19-14-31-21-10-12-30-26(19)21)25(18)29-24(17)22(15)20-5-3-4-11-28(20)2/h3-12,14H,1-2H3/q+1. The Morgan fingerprint density at radius 3 is 2.55 bits per heavy atom. The van der Waals surface area contributed by atoms with Gasteiger partial charge in [0.25, 0.3) is 0 Å². The van der Waals surface area contributed by atoms with Crippen LogP contribution in [0, 0.1) is 18.3 Å². The predicted molar refractivity (Wildman–Crippen MR) is 128 cm³/mol. The summed E-state index contributed by atoms with van der Waals surface area (Å²) in [6, 6.07) is 18.9. The number of benzene rings is 2. The summed E-state index contributed by atoms with van der Waals surface area (Å²) in [7, 11) is 2.05. The van der Waals surface area contributed by atoms with Gasteiger partial charge < -0.3 is 4.42 Å². The molecule has 0 aliphatic carbocycles. The van der Waals surface area contributed by atoms with E-state index in [2.05, 4.69) is 52.6 Å². The molecule has 2 aromatic carbocycles. The smallest absolute Gasteiger partial charge is 0.216 e. The lowest BCUT2D eigenvalue weighted by molar-refractivity contribution is -0.660. The zero-order valence-electron chi connectivity index (χ0n) is 17.0. The molecule has 0 saturated heterocycles. The van der Waals surface area contributed by atoms with Crippen LogP contribution in [0.5, 0.6) is 0 Å². The summed E-state index contributed by atoms with van der Waals surface area (Å²) in [5, 5.41) is 16.3. The molecule has 6 aromatic rings. The minimum absolute atomic E-state index is 0.642. The summed E-state index contributed by atoms with van der Waals surface area (Å²) in [4.78, 5) is 0. The van der Waals surface area contributed by atoms with Gasteiger partial charge in [-0.3, -0.25) is 0 Å². The molecular weight excluding hydrogens is 420 g/mol. The van der Waals surface area contributed by atoms with E-state index >= 15 is 0 Å². The number of hydrogen-bond acceptors (Lipinski definition) is 4. The van der Waals surface area contributed by atoms with E-state index in [4.69, 9.17) is 4.42 Å². The van der Waals surface area contributed by atoms with Crippen molar-refractivity contribution >= 4 is 54.0 Å². The van der Waals surface area contributed by atoms with E-state index in [-0.39, 0.29) is 0 Å². The summed E-state index contributed by atoms with van der Waals surface area (Å²) < 4.78 is 11.2. The molecule has 0 amide bonds. The number of rotatable bonds is 2. The quantitative estimate of drug-likeness (QED) is 0.269. The SMILES string of the molecule is Cc1ccc2c(oc3c(-c4csc5ccsc45)c(C#N)ccc32)c1-c1cccc[n+]1C. The van der Waals surface area contributed by atoms with Crippen LogP contribution in [0.1, 0.15) is 11.1 Å². The molecule has 0 unspecified atom stereocenters. The highest BCUT2D eigenvalue weighted by Gasteiger charge is 2.24. The first kappa shape index (κ1) is 18.3. The number of pyridine rings is 1. The van der Waals surface area contributed by atoms with E-state index in [1.54, 1.807) is 22.7 Å². The first-order valence-corrected chi connectivity index (χ1v) is 11.7. The van der Waals surface area contributed by atoms with Crippen molar-refractivity contribution in [2.45, 2.75) is 6.92 Å². The number of hydrogen-bond donors (Lipinski definition) is 0. The monoisotopic (exact) mass is 437 g/mol. The molecule has 0 radical (unpaired) electrons. The summed E-state index contributed by atoms with van der Waals surface area (Å²) in [5.74, 6) is 0. The lowest BCUT2D eigenvalue weighted by Gasteiger charge is -2.05. The van der Waals surface area contributed by atoms with Crippen LogP contribution in [0.2, 0.25) is 0 Å². The number of furan rings is 1. The van der Waals surface area contributed by atoms with Crippen molar-refractivity contribution in [1.82, 2.24) is 0 Å². The molecule has 0 saturated carbocycles. The third kappa shape index (κ3) is 2.59. The topological polar surface area (TPSA) is 40.8 Å². The van der Waals surface area contributed by atoms with Crippen LogP contribution in [-0.4, -0.2) is 0 Å². The zero-order valence-corrected chi connectivity index (χ0v) is 18.6. The van der Waals surface area contributed by atoms with Gasteiger partial charge in [-0.1, -0.05) is 12.1 Å². The van der Waals surface area contributed by atoms with Crippen molar-refractivity contribution in [2.75, 3.05) is 0 Å². The maximum absolute atomic E-state index is 9.90. The number of aromatic nitrogens is 1. The molecule has 0 N–H and O–H groups in total. The summed E-state index contributed by atoms with van der Waals surface area (Å²) in [5.41, 5.74) is 7.62. The van der Waals surface area contributed by atoms with Crippen molar-refractivity contribution in [3.8, 4) is 28.5 Å². The molecule has 0 aliphatic heterocycles. The molecule has 0 atom stereocenters. The van der Waals surface area contributed by atoms with Crippen LogP contribution in [0.25, 0.3) is 53.7 Å². The van der Waals surface area contributed by atoms with E-state index in [9.17, 15) is 5.26 Å². The van der Waals surface area contributed by atoms with E-state index in [0.717, 1.165) is 49.9 Å². The summed E-state index contributed by atoms with van der Waals surface area (Å²) in [6.45, 7) is 2.12. The van der Waals surface area contributed by atoms with Crippen molar-refractivity contribution in [1.29, 1.82) is 5.26 Å². The van der Waals surface area contributed by atoms with E-state index < -0.39 is 0 Å². The van der Waals surface area contributed by atoms with Crippen LogP contribution >= 0.6 is 22.7 Å². The first-order chi connectivity index (χ1) is 15.2. The Labute approximate surface area is 187 Å². The highest BCUT2D eigenvalue weighted by molar-refractivity contribution is 7.26. The second kappa shape index (κ2) is 6.78. The van der Waals surface area contributed by atoms with Crippen LogP contribution in [0.15, 0.2) is 69.9 Å². The van der Waals surface area contributed by atoms with Gasteiger partial charge in [0, 0.05) is 44.1 Å². The molecule has 6 rings (SSSR count). The van der Waals surface area contributed by atoms with Gasteiger partial charge in [-0.05, 0) is 42.1 Å². The Hall–Kier alpha value is -3.46. The Balaban J connectivity index is 1.77. The average molecular weight is 438 g/mol. The molecular formula is C26H17N2OS2+. The van der Waals surface area contributed by atoms with Crippen molar-refractivity contribution in [3.63, 3.8) is 0 Å². The Bertz CT molecular complexity index is 1680. The molecule has 0 aliphatic rings. The molecule has 4 heterocycles. The highest BCUT2D eigenvalue weighted by Crippen LogP contribution is 2.45. The first-order valence-electron chi connectivity index (χ1n) is 9.96. The van der Waals surface area contributed by atoms with E-state index in [0.29, 0.717) is 5.56 Å². The number of nitrogens with zero attached hydrogens (tertiary/aromatic N) is 2. The lowest BCUT2D eigenvalue weighted by atomic mass is 9.97. The Kier molecular flexibility index (Phi) is 4.01. The highest BCUT2D eigenvalue weighted by atomic mass is 32.1. The normalized spacial score (nSPS) is 11.5. The fourth-order valence-corrected chi connectivity index (χ4v) is 6.50. The molecule has 3 nitrogen and oxygen atoms in total. The second-order valence-corrected chi connectivity index (χ2v) is 9.50. The molecule has 148 valence electrons. The second-order valence-electron chi connectivity index (χ2n) is 7.67. The Morgan fingerprint density at radius 2 is 1.74 bits per heavy atom. The van der Waals surface area contributed by atoms with Gasteiger partial charge in [-0.2, -0.15) is 5.26 Å². The third-order valence-electron chi connectivity index (χ3n) is 5.90. The van der Waals surface area contributed by atoms with Crippen LogP contribution in [-0.2, 0) is 7.05 Å². The van der Waals surface area contributed by atoms with E-state index in [1.165, 1.54) is 9.40 Å². The molecule has 31 heavy (non-hydrogen) atoms. The average Bonchev–Trinajstić information content (AvgIpc) is 3.48. The van der Waals surface area contributed by atoms with Gasteiger partial charge in [-0.15, -0.1) is 22.7 Å². The number of thiophene rings is 2. The van der Waals surface area contributed by atoms with Gasteiger partial charge in [-0.25, -0.2) is 4.57 Å². The summed E-state index contributed by atoms with van der Waals surface area (Å²) in [6.07, 6.45) is 2.05. The molecule has 4 aromatic heterocycles. The maximum Gasteiger partial charge on any atom is 0.216 e. The predicted octanol–water partition coefficient (Wildman–Crippen LogP) is 7.20. The largest absolute Gasteiger partial charge is 0.454 e. The van der Waals surface area contributed by atoms with E-state index in [1.807, 2.05) is 37.5 Å². The number of fused-ring (bicyclic) bond motifs is 4. The number of aryl methyl sites for hydroxylation is 2. The minimum Gasteiger partial charge on any atom is -0.454 e. The van der Waals surface area contributed by atoms with Gasteiger partial charge >= 0.3 is 0 Å². The van der Waals surface area contributed by atoms with Gasteiger partial charge in [0.15, 0.2) is 6.20 Å². The third-order valence-corrected chi connectivity index (χ3v) is 7.92. The van der Waals surface area contributed by atoms with Gasteiger partial charge in [0.05, 0.1) is 21.9 Å². The zero-order chi connectivity index (χ0) is 21.1. The molecule has 5 heteroatoms. The molecule has 0 spiro atoms. The van der Waals surface area contributed by atoms with Crippen molar-refractivity contribution in [3.05, 3.63) is 76.6 Å². The van der Waals surface area contributed by atoms with Crippen molar-refractivity contribution in [2.24, 2.45) is 7.05 Å². The van der Waals surface area contributed by atoms with Crippen LogP contribution in [0.3, 0.4) is 0 Å².